The number of hydrogen-bond acceptors (Lipinski definition) is 3. The number of phenols is 1. The Hall–Kier alpha value is -1.62. The highest BCUT2D eigenvalue weighted by Crippen LogP contribution is 2.11. The fraction of sp³-hybridized carbons (Fsp3) is 0.222. The number of carbonyl (C=O) groups is 1. The van der Waals surface area contributed by atoms with Crippen molar-refractivity contribution in [2.45, 2.75) is 12.5 Å². The predicted molar refractivity (Wildman–Crippen MR) is 49.0 cm³/mol. The molecule has 0 saturated heterocycles. The molecule has 0 aliphatic carbocycles. The number of primary amides is 1. The maximum absolute atomic E-state index is 12.1. The lowest BCUT2D eigenvalue weighted by Gasteiger charge is -2.09. The number of carbonyl (C=O) groups excluding carboxylic acids is 1. The van der Waals surface area contributed by atoms with E-state index in [0.717, 1.165) is 5.56 Å². The Kier molecular flexibility index (Phi) is 3.41. The van der Waals surface area contributed by atoms with Gasteiger partial charge in [0.05, 0.1) is 0 Å². The summed E-state index contributed by atoms with van der Waals surface area (Å²) >= 11 is 0. The van der Waals surface area contributed by atoms with E-state index in [4.69, 9.17) is 10.8 Å². The zero-order chi connectivity index (χ0) is 10.6. The highest BCUT2D eigenvalue weighted by molar-refractivity contribution is 5.80. The van der Waals surface area contributed by atoms with E-state index in [1.165, 1.54) is 17.7 Å². The van der Waals surface area contributed by atoms with Crippen molar-refractivity contribution >= 4 is 5.91 Å². The predicted octanol–water partition coefficient (Wildman–Crippen LogP) is 0.263. The Balaban J connectivity index is 2.67. The summed E-state index contributed by atoms with van der Waals surface area (Å²) in [5.41, 5.74) is 6.98. The van der Waals surface area contributed by atoms with Crippen LogP contribution in [-0.4, -0.2) is 17.1 Å². The van der Waals surface area contributed by atoms with E-state index in [1.54, 1.807) is 12.1 Å². The minimum Gasteiger partial charge on any atom is -0.508 e. The summed E-state index contributed by atoms with van der Waals surface area (Å²) in [7, 11) is 0. The van der Waals surface area contributed by atoms with Gasteiger partial charge in [-0.3, -0.25) is 4.79 Å². The molecule has 76 valence electrons. The van der Waals surface area contributed by atoms with Crippen LogP contribution in [0.4, 0.5) is 4.48 Å². The second-order valence-corrected chi connectivity index (χ2v) is 2.93. The second kappa shape index (κ2) is 4.57. The maximum atomic E-state index is 12.1. The third-order valence-electron chi connectivity index (χ3n) is 1.85. The molecule has 1 atom stereocenters. The number of amides is 1. The molecular formula is C9H11FN2O2. The fourth-order valence-electron chi connectivity index (χ4n) is 1.06. The van der Waals surface area contributed by atoms with Crippen LogP contribution < -0.4 is 11.3 Å². The molecule has 0 fully saturated rings. The molecular weight excluding hydrogens is 187 g/mol. The quantitative estimate of drug-likeness (QED) is 0.607. The van der Waals surface area contributed by atoms with Gasteiger partial charge in [0.15, 0.2) is 0 Å². The summed E-state index contributed by atoms with van der Waals surface area (Å²) in [6.45, 7) is 0. The van der Waals surface area contributed by atoms with Gasteiger partial charge in [-0.15, -0.1) is 10.0 Å². The largest absolute Gasteiger partial charge is 0.508 e. The van der Waals surface area contributed by atoms with Gasteiger partial charge in [-0.25, -0.2) is 0 Å². The summed E-state index contributed by atoms with van der Waals surface area (Å²) < 4.78 is 12.1. The third-order valence-corrected chi connectivity index (χ3v) is 1.85. The molecule has 0 aliphatic rings. The zero-order valence-electron chi connectivity index (χ0n) is 7.40. The Labute approximate surface area is 80.5 Å². The van der Waals surface area contributed by atoms with Crippen LogP contribution in [-0.2, 0) is 11.2 Å². The number of benzene rings is 1. The lowest BCUT2D eigenvalue weighted by atomic mass is 10.1. The minimum atomic E-state index is -1.03. The summed E-state index contributed by atoms with van der Waals surface area (Å²) in [4.78, 5) is 10.7. The number of hydrogen-bond donors (Lipinski definition) is 3. The number of aromatic hydroxyl groups is 1. The normalized spacial score (nSPS) is 12.4. The summed E-state index contributed by atoms with van der Waals surface area (Å²) in [6, 6.07) is 5.10. The smallest absolute Gasteiger partial charge is 0.237 e. The molecule has 0 unspecified atom stereocenters. The molecule has 1 aromatic carbocycles. The number of nitrogens with two attached hydrogens (primary N) is 1. The summed E-state index contributed by atoms with van der Waals surface area (Å²) in [6.07, 6.45) is 0.159. The third kappa shape index (κ3) is 2.70. The van der Waals surface area contributed by atoms with Crippen LogP contribution in [0.2, 0.25) is 0 Å². The second-order valence-electron chi connectivity index (χ2n) is 2.93. The summed E-state index contributed by atoms with van der Waals surface area (Å²) in [5.74, 6) is -0.627. The van der Waals surface area contributed by atoms with Crippen molar-refractivity contribution < 1.29 is 14.4 Å². The Morgan fingerprint density at radius 3 is 2.50 bits per heavy atom. The standard InChI is InChI=1S/C9H11FN2O2/c10-12-8(9(11)14)5-6-1-3-7(13)4-2-6/h1-4,8,12-13H,5H2,(H2,11,14)/t8-/m0/s1. The Morgan fingerprint density at radius 1 is 1.50 bits per heavy atom. The van der Waals surface area contributed by atoms with Gasteiger partial charge in [0.2, 0.25) is 5.91 Å². The number of halogens is 1. The number of phenolic OH excluding ortho intramolecular Hbond substituents is 1. The highest BCUT2D eigenvalue weighted by Gasteiger charge is 2.14. The number of rotatable bonds is 4. The molecule has 0 spiro atoms. The van der Waals surface area contributed by atoms with E-state index in [9.17, 15) is 9.28 Å². The maximum Gasteiger partial charge on any atom is 0.237 e. The van der Waals surface area contributed by atoms with Crippen LogP contribution in [0, 0.1) is 0 Å². The highest BCUT2D eigenvalue weighted by atomic mass is 19.2. The molecule has 4 N–H and O–H groups in total. The van der Waals surface area contributed by atoms with Gasteiger partial charge in [0, 0.05) is 0 Å². The minimum absolute atomic E-state index is 0.123. The van der Waals surface area contributed by atoms with Crippen molar-refractivity contribution in [3.63, 3.8) is 0 Å². The molecule has 5 heteroatoms. The molecule has 0 saturated carbocycles. The van der Waals surface area contributed by atoms with Crippen molar-refractivity contribution in [3.05, 3.63) is 29.8 Å². The van der Waals surface area contributed by atoms with E-state index in [0.29, 0.717) is 0 Å². The van der Waals surface area contributed by atoms with E-state index in [1.807, 2.05) is 0 Å². The van der Waals surface area contributed by atoms with E-state index < -0.39 is 11.9 Å². The molecule has 0 heterocycles. The van der Waals surface area contributed by atoms with Crippen molar-refractivity contribution in [3.8, 4) is 5.75 Å². The van der Waals surface area contributed by atoms with Crippen LogP contribution in [0.5, 0.6) is 5.75 Å². The first kappa shape index (κ1) is 10.5. The summed E-state index contributed by atoms with van der Waals surface area (Å²) in [5, 5.41) is 8.98. The number of nitrogens with one attached hydrogen (secondary N) is 1. The fourth-order valence-corrected chi connectivity index (χ4v) is 1.06. The SMILES string of the molecule is NC(=O)[C@H](Cc1ccc(O)cc1)NF. The van der Waals surface area contributed by atoms with Gasteiger partial charge < -0.3 is 10.8 Å². The molecule has 0 aliphatic heterocycles. The van der Waals surface area contributed by atoms with Crippen molar-refractivity contribution in [1.82, 2.24) is 5.54 Å². The zero-order valence-corrected chi connectivity index (χ0v) is 7.40. The van der Waals surface area contributed by atoms with Gasteiger partial charge in [-0.1, -0.05) is 12.1 Å². The van der Waals surface area contributed by atoms with Crippen LogP contribution in [0.25, 0.3) is 0 Å². The first-order valence-electron chi connectivity index (χ1n) is 4.07. The van der Waals surface area contributed by atoms with Crippen LogP contribution in [0.15, 0.2) is 24.3 Å². The van der Waals surface area contributed by atoms with Crippen LogP contribution in [0.3, 0.4) is 0 Å². The molecule has 4 nitrogen and oxygen atoms in total. The molecule has 1 rings (SSSR count). The molecule has 14 heavy (non-hydrogen) atoms. The van der Waals surface area contributed by atoms with E-state index >= 15 is 0 Å². The van der Waals surface area contributed by atoms with Gasteiger partial charge in [-0.2, -0.15) is 0 Å². The first-order valence-corrected chi connectivity index (χ1v) is 4.07. The Bertz CT molecular complexity index is 313. The monoisotopic (exact) mass is 198 g/mol. The van der Waals surface area contributed by atoms with Gasteiger partial charge in [-0.05, 0) is 24.1 Å². The van der Waals surface area contributed by atoms with Gasteiger partial charge in [0.25, 0.3) is 0 Å². The average molecular weight is 198 g/mol. The van der Waals surface area contributed by atoms with Crippen LogP contribution >= 0.6 is 0 Å². The molecule has 0 radical (unpaired) electrons. The van der Waals surface area contributed by atoms with Gasteiger partial charge in [0.1, 0.15) is 11.8 Å². The first-order chi connectivity index (χ1) is 6.63. The van der Waals surface area contributed by atoms with Crippen LogP contribution in [0.1, 0.15) is 5.56 Å². The van der Waals surface area contributed by atoms with Crippen molar-refractivity contribution in [2.24, 2.45) is 5.73 Å². The van der Waals surface area contributed by atoms with Gasteiger partial charge >= 0.3 is 0 Å². The lowest BCUT2D eigenvalue weighted by molar-refractivity contribution is -0.121. The molecule has 1 aromatic rings. The molecule has 0 aromatic heterocycles. The van der Waals surface area contributed by atoms with E-state index in [2.05, 4.69) is 0 Å². The van der Waals surface area contributed by atoms with Crippen molar-refractivity contribution in [1.29, 1.82) is 0 Å². The topological polar surface area (TPSA) is 75.4 Å². The van der Waals surface area contributed by atoms with E-state index in [-0.39, 0.29) is 12.2 Å². The average Bonchev–Trinajstić information content (AvgIpc) is 2.16. The Morgan fingerprint density at radius 2 is 2.07 bits per heavy atom. The molecule has 0 bridgehead atoms. The lowest BCUT2D eigenvalue weighted by Crippen LogP contribution is -2.38. The molecule has 1 amide bonds. The van der Waals surface area contributed by atoms with Crippen molar-refractivity contribution in [2.75, 3.05) is 0 Å².